The van der Waals surface area contributed by atoms with Gasteiger partial charge in [0.25, 0.3) is 0 Å². The first-order valence-corrected chi connectivity index (χ1v) is 7.63. The highest BCUT2D eigenvalue weighted by molar-refractivity contribution is 5.96. The van der Waals surface area contributed by atoms with Crippen LogP contribution in [-0.2, 0) is 4.79 Å². The number of benzene rings is 2. The second-order valence-electron chi connectivity index (χ2n) is 5.95. The van der Waals surface area contributed by atoms with Gasteiger partial charge >= 0.3 is 0 Å². The van der Waals surface area contributed by atoms with E-state index in [1.165, 1.54) is 0 Å². The molecular formula is C18H18N2O2. The van der Waals surface area contributed by atoms with E-state index >= 15 is 0 Å². The molecule has 0 unspecified atom stereocenters. The van der Waals surface area contributed by atoms with Crippen molar-refractivity contribution in [3.8, 4) is 11.1 Å². The first-order valence-electron chi connectivity index (χ1n) is 7.63. The molecule has 1 aliphatic heterocycles. The van der Waals surface area contributed by atoms with Crippen molar-refractivity contribution in [2.24, 2.45) is 0 Å². The molecule has 1 saturated heterocycles. The van der Waals surface area contributed by atoms with Gasteiger partial charge in [-0.2, -0.15) is 0 Å². The normalized spacial score (nSPS) is 23.1. The van der Waals surface area contributed by atoms with E-state index in [1.54, 1.807) is 0 Å². The van der Waals surface area contributed by atoms with Crippen LogP contribution < -0.4 is 10.6 Å². The minimum absolute atomic E-state index is 0.0369. The molecule has 2 atom stereocenters. The van der Waals surface area contributed by atoms with Gasteiger partial charge in [0.2, 0.25) is 5.91 Å². The third-order valence-electron chi connectivity index (χ3n) is 4.61. The van der Waals surface area contributed by atoms with Crippen LogP contribution in [0.5, 0.6) is 0 Å². The number of rotatable bonds is 2. The van der Waals surface area contributed by atoms with Crippen LogP contribution in [0.2, 0.25) is 0 Å². The maximum atomic E-state index is 12.8. The fraction of sp³-hybridized carbons (Fsp3) is 0.278. The van der Waals surface area contributed by atoms with Gasteiger partial charge in [0.15, 0.2) is 0 Å². The first kappa shape index (κ1) is 13.5. The van der Waals surface area contributed by atoms with E-state index in [4.69, 9.17) is 0 Å². The zero-order valence-corrected chi connectivity index (χ0v) is 12.1. The zero-order valence-electron chi connectivity index (χ0n) is 12.1. The second kappa shape index (κ2) is 5.23. The largest absolute Gasteiger partial charge is 0.390 e. The van der Waals surface area contributed by atoms with Crippen molar-refractivity contribution < 1.29 is 9.90 Å². The smallest absolute Gasteiger partial charge is 0.232 e. The molecule has 2 aromatic rings. The van der Waals surface area contributed by atoms with E-state index in [9.17, 15) is 9.90 Å². The molecule has 4 rings (SSSR count). The molecule has 2 aromatic carbocycles. The molecule has 1 heterocycles. The first-order chi connectivity index (χ1) is 10.8. The van der Waals surface area contributed by atoms with Crippen LogP contribution in [0.15, 0.2) is 48.5 Å². The predicted molar refractivity (Wildman–Crippen MR) is 84.5 cm³/mol. The van der Waals surface area contributed by atoms with E-state index in [0.717, 1.165) is 22.3 Å². The number of fused-ring (bicyclic) bond motifs is 3. The minimum Gasteiger partial charge on any atom is -0.390 e. The third kappa shape index (κ3) is 2.03. The van der Waals surface area contributed by atoms with Crippen molar-refractivity contribution in [2.45, 2.75) is 18.1 Å². The number of aliphatic hydroxyl groups is 1. The molecule has 1 amide bonds. The quantitative estimate of drug-likeness (QED) is 0.781. The van der Waals surface area contributed by atoms with Crippen molar-refractivity contribution in [1.82, 2.24) is 10.6 Å². The summed E-state index contributed by atoms with van der Waals surface area (Å²) in [5, 5.41) is 16.0. The summed E-state index contributed by atoms with van der Waals surface area (Å²) in [7, 11) is 0. The van der Waals surface area contributed by atoms with Gasteiger partial charge in [-0.1, -0.05) is 48.5 Å². The fourth-order valence-corrected chi connectivity index (χ4v) is 3.52. The molecule has 2 aliphatic rings. The highest BCUT2D eigenvalue weighted by Crippen LogP contribution is 2.44. The summed E-state index contributed by atoms with van der Waals surface area (Å²) in [5.74, 6) is -0.328. The Morgan fingerprint density at radius 3 is 2.14 bits per heavy atom. The Bertz CT molecular complexity index is 683. The molecule has 0 saturated carbocycles. The Labute approximate surface area is 129 Å². The summed E-state index contributed by atoms with van der Waals surface area (Å²) in [4.78, 5) is 12.8. The van der Waals surface area contributed by atoms with Crippen LogP contribution in [0.3, 0.4) is 0 Å². The molecular weight excluding hydrogens is 276 g/mol. The average molecular weight is 294 g/mol. The SMILES string of the molecule is O=C(N[C@@H]1CNC[C@H]1O)C1c2ccccc2-c2ccccc21. The summed E-state index contributed by atoms with van der Waals surface area (Å²) in [6.07, 6.45) is -0.518. The number of nitrogens with one attached hydrogen (secondary N) is 2. The van der Waals surface area contributed by atoms with Crippen LogP contribution in [0, 0.1) is 0 Å². The molecule has 4 nitrogen and oxygen atoms in total. The molecule has 112 valence electrons. The van der Waals surface area contributed by atoms with E-state index in [2.05, 4.69) is 22.8 Å². The Balaban J connectivity index is 1.70. The van der Waals surface area contributed by atoms with E-state index in [1.807, 2.05) is 36.4 Å². The summed E-state index contributed by atoms with van der Waals surface area (Å²) < 4.78 is 0. The van der Waals surface area contributed by atoms with E-state index < -0.39 is 6.10 Å². The maximum absolute atomic E-state index is 12.8. The monoisotopic (exact) mass is 294 g/mol. The van der Waals surface area contributed by atoms with Crippen molar-refractivity contribution in [3.63, 3.8) is 0 Å². The topological polar surface area (TPSA) is 61.4 Å². The molecule has 1 aliphatic carbocycles. The summed E-state index contributed by atoms with van der Waals surface area (Å²) in [5.41, 5.74) is 4.34. The van der Waals surface area contributed by atoms with Crippen LogP contribution in [-0.4, -0.2) is 36.2 Å². The van der Waals surface area contributed by atoms with Crippen molar-refractivity contribution in [3.05, 3.63) is 59.7 Å². The van der Waals surface area contributed by atoms with Crippen molar-refractivity contribution >= 4 is 5.91 Å². The van der Waals surface area contributed by atoms with Crippen LogP contribution >= 0.6 is 0 Å². The predicted octanol–water partition coefficient (Wildman–Crippen LogP) is 1.25. The summed E-state index contributed by atoms with van der Waals surface area (Å²) >= 11 is 0. The fourth-order valence-electron chi connectivity index (χ4n) is 3.52. The molecule has 22 heavy (non-hydrogen) atoms. The molecule has 0 bridgehead atoms. The number of amides is 1. The third-order valence-corrected chi connectivity index (χ3v) is 4.61. The number of hydrogen-bond donors (Lipinski definition) is 3. The minimum atomic E-state index is -0.518. The molecule has 0 radical (unpaired) electrons. The van der Waals surface area contributed by atoms with Crippen molar-refractivity contribution in [1.29, 1.82) is 0 Å². The van der Waals surface area contributed by atoms with Gasteiger partial charge in [-0.15, -0.1) is 0 Å². The maximum Gasteiger partial charge on any atom is 0.232 e. The standard InChI is InChI=1S/C18H18N2O2/c21-16-10-19-9-15(16)20-18(22)17-13-7-3-1-5-11(13)12-6-2-4-8-14(12)17/h1-8,15-17,19,21H,9-10H2,(H,20,22)/t15-,16-/m1/s1. The lowest BCUT2D eigenvalue weighted by atomic mass is 9.95. The van der Waals surface area contributed by atoms with E-state index in [-0.39, 0.29) is 17.9 Å². The van der Waals surface area contributed by atoms with Gasteiger partial charge in [0.05, 0.1) is 18.1 Å². The molecule has 4 heteroatoms. The lowest BCUT2D eigenvalue weighted by Gasteiger charge is -2.19. The lowest BCUT2D eigenvalue weighted by molar-refractivity contribution is -0.122. The highest BCUT2D eigenvalue weighted by atomic mass is 16.3. The Morgan fingerprint density at radius 2 is 1.59 bits per heavy atom. The molecule has 3 N–H and O–H groups in total. The van der Waals surface area contributed by atoms with Gasteiger partial charge in [-0.3, -0.25) is 4.79 Å². The number of carbonyl (C=O) groups is 1. The number of hydrogen-bond acceptors (Lipinski definition) is 3. The molecule has 0 aromatic heterocycles. The number of β-amino-alcohol motifs (C(OH)–C–C–N with tert-alkyl or cyclic N) is 1. The summed E-state index contributed by atoms with van der Waals surface area (Å²) in [6.45, 7) is 1.14. The Morgan fingerprint density at radius 1 is 1.00 bits per heavy atom. The van der Waals surface area contributed by atoms with Gasteiger partial charge in [0.1, 0.15) is 0 Å². The number of carbonyl (C=O) groups excluding carboxylic acids is 1. The Hall–Kier alpha value is -2.17. The van der Waals surface area contributed by atoms with Crippen LogP contribution in [0.1, 0.15) is 17.0 Å². The lowest BCUT2D eigenvalue weighted by Crippen LogP contribution is -2.44. The van der Waals surface area contributed by atoms with E-state index in [0.29, 0.717) is 13.1 Å². The second-order valence-corrected chi connectivity index (χ2v) is 5.95. The Kier molecular flexibility index (Phi) is 3.21. The zero-order chi connectivity index (χ0) is 15.1. The van der Waals surface area contributed by atoms with Gasteiger partial charge in [-0.05, 0) is 22.3 Å². The van der Waals surface area contributed by atoms with Gasteiger partial charge in [-0.25, -0.2) is 0 Å². The van der Waals surface area contributed by atoms with Gasteiger partial charge in [0, 0.05) is 13.1 Å². The van der Waals surface area contributed by atoms with Gasteiger partial charge < -0.3 is 15.7 Å². The highest BCUT2D eigenvalue weighted by Gasteiger charge is 2.36. The van der Waals surface area contributed by atoms with Crippen LogP contribution in [0.25, 0.3) is 11.1 Å². The average Bonchev–Trinajstić information content (AvgIpc) is 3.09. The number of aliphatic hydroxyl groups excluding tert-OH is 1. The summed E-state index contributed by atoms with van der Waals surface area (Å²) in [6, 6.07) is 15.9. The molecule has 0 spiro atoms. The van der Waals surface area contributed by atoms with Crippen molar-refractivity contribution in [2.75, 3.05) is 13.1 Å². The molecule has 1 fully saturated rings. The van der Waals surface area contributed by atoms with Crippen LogP contribution in [0.4, 0.5) is 0 Å².